The Kier molecular flexibility index (Phi) is 2.68. The second-order valence-corrected chi connectivity index (χ2v) is 4.46. The van der Waals surface area contributed by atoms with Crippen molar-refractivity contribution in [3.63, 3.8) is 0 Å². The largest absolute Gasteiger partial charge is 0.353 e. The highest BCUT2D eigenvalue weighted by molar-refractivity contribution is 5.85. The van der Waals surface area contributed by atoms with Gasteiger partial charge in [-0.05, 0) is 19.1 Å². The SMILES string of the molecule is Cc1c(-c2cc3ccccc3[nH]2)nc(CN)[nH]c1=O. The summed E-state index contributed by atoms with van der Waals surface area (Å²) in [7, 11) is 0. The van der Waals surface area contributed by atoms with Crippen molar-refractivity contribution in [2.24, 2.45) is 5.73 Å². The van der Waals surface area contributed by atoms with E-state index in [9.17, 15) is 4.79 Å². The van der Waals surface area contributed by atoms with Crippen LogP contribution in [0.1, 0.15) is 11.4 Å². The number of rotatable bonds is 2. The summed E-state index contributed by atoms with van der Waals surface area (Å²) in [5.41, 5.74) is 8.49. The van der Waals surface area contributed by atoms with Crippen molar-refractivity contribution in [2.75, 3.05) is 0 Å². The Morgan fingerprint density at radius 3 is 2.79 bits per heavy atom. The number of fused-ring (bicyclic) bond motifs is 1. The van der Waals surface area contributed by atoms with E-state index in [4.69, 9.17) is 5.73 Å². The molecule has 0 saturated carbocycles. The van der Waals surface area contributed by atoms with Gasteiger partial charge in [0.05, 0.1) is 17.9 Å². The van der Waals surface area contributed by atoms with Crippen LogP contribution in [-0.2, 0) is 6.54 Å². The van der Waals surface area contributed by atoms with Crippen molar-refractivity contribution in [1.29, 1.82) is 0 Å². The van der Waals surface area contributed by atoms with E-state index in [1.807, 2.05) is 30.3 Å². The molecule has 0 fully saturated rings. The fourth-order valence-electron chi connectivity index (χ4n) is 2.14. The average Bonchev–Trinajstić information content (AvgIpc) is 2.85. The smallest absolute Gasteiger partial charge is 0.254 e. The van der Waals surface area contributed by atoms with Gasteiger partial charge in [0, 0.05) is 16.5 Å². The Morgan fingerprint density at radius 2 is 2.05 bits per heavy atom. The van der Waals surface area contributed by atoms with Crippen LogP contribution in [-0.4, -0.2) is 15.0 Å². The van der Waals surface area contributed by atoms with Crippen molar-refractivity contribution in [2.45, 2.75) is 13.5 Å². The number of nitrogens with one attached hydrogen (secondary N) is 2. The minimum atomic E-state index is -0.149. The van der Waals surface area contributed by atoms with Gasteiger partial charge in [0.15, 0.2) is 0 Å². The minimum Gasteiger partial charge on any atom is -0.353 e. The molecular formula is C14H14N4O. The molecule has 0 aliphatic carbocycles. The Morgan fingerprint density at radius 1 is 1.26 bits per heavy atom. The highest BCUT2D eigenvalue weighted by atomic mass is 16.1. The lowest BCUT2D eigenvalue weighted by Gasteiger charge is -2.04. The van der Waals surface area contributed by atoms with E-state index in [-0.39, 0.29) is 12.1 Å². The van der Waals surface area contributed by atoms with Crippen LogP contribution in [0.25, 0.3) is 22.3 Å². The van der Waals surface area contributed by atoms with E-state index in [1.165, 1.54) is 0 Å². The molecule has 0 atom stereocenters. The molecule has 2 aromatic heterocycles. The van der Waals surface area contributed by atoms with Crippen molar-refractivity contribution in [3.05, 3.63) is 52.1 Å². The molecular weight excluding hydrogens is 240 g/mol. The molecule has 5 nitrogen and oxygen atoms in total. The second-order valence-electron chi connectivity index (χ2n) is 4.46. The Labute approximate surface area is 109 Å². The third kappa shape index (κ3) is 1.94. The predicted molar refractivity (Wildman–Crippen MR) is 74.8 cm³/mol. The molecule has 4 N–H and O–H groups in total. The van der Waals surface area contributed by atoms with Crippen LogP contribution in [0.4, 0.5) is 0 Å². The summed E-state index contributed by atoms with van der Waals surface area (Å²) >= 11 is 0. The van der Waals surface area contributed by atoms with Crippen molar-refractivity contribution < 1.29 is 0 Å². The summed E-state index contributed by atoms with van der Waals surface area (Å²) in [6.07, 6.45) is 0. The maximum absolute atomic E-state index is 11.8. The number of nitrogens with two attached hydrogens (primary N) is 1. The molecule has 0 aliphatic rings. The zero-order chi connectivity index (χ0) is 13.4. The van der Waals surface area contributed by atoms with Crippen LogP contribution in [0.2, 0.25) is 0 Å². The molecule has 0 unspecified atom stereocenters. The van der Waals surface area contributed by atoms with Crippen molar-refractivity contribution in [3.8, 4) is 11.4 Å². The van der Waals surface area contributed by atoms with Gasteiger partial charge in [-0.25, -0.2) is 4.98 Å². The molecule has 0 saturated heterocycles. The van der Waals surface area contributed by atoms with Crippen LogP contribution in [0.5, 0.6) is 0 Å². The number of H-pyrrole nitrogens is 2. The molecule has 96 valence electrons. The van der Waals surface area contributed by atoms with Gasteiger partial charge in [-0.3, -0.25) is 4.79 Å². The topological polar surface area (TPSA) is 87.6 Å². The van der Waals surface area contributed by atoms with Crippen LogP contribution in [0.15, 0.2) is 35.1 Å². The quantitative estimate of drug-likeness (QED) is 0.650. The molecule has 0 bridgehead atoms. The fraction of sp³-hybridized carbons (Fsp3) is 0.143. The molecule has 2 heterocycles. The highest BCUT2D eigenvalue weighted by Gasteiger charge is 2.11. The van der Waals surface area contributed by atoms with Gasteiger partial charge < -0.3 is 15.7 Å². The first-order valence-electron chi connectivity index (χ1n) is 6.07. The maximum atomic E-state index is 11.8. The predicted octanol–water partition coefficient (Wildman–Crippen LogP) is 1.69. The Balaban J connectivity index is 2.26. The summed E-state index contributed by atoms with van der Waals surface area (Å²) in [6.45, 7) is 1.97. The molecule has 0 aliphatic heterocycles. The third-order valence-corrected chi connectivity index (χ3v) is 3.18. The van der Waals surface area contributed by atoms with Gasteiger partial charge in [0.2, 0.25) is 0 Å². The van der Waals surface area contributed by atoms with Gasteiger partial charge in [-0.2, -0.15) is 0 Å². The Bertz CT molecular complexity index is 768. The second kappa shape index (κ2) is 4.37. The van der Waals surface area contributed by atoms with Gasteiger partial charge in [0.25, 0.3) is 5.56 Å². The summed E-state index contributed by atoms with van der Waals surface area (Å²) < 4.78 is 0. The first-order valence-corrected chi connectivity index (χ1v) is 6.07. The number of nitrogens with zero attached hydrogens (tertiary/aromatic N) is 1. The van der Waals surface area contributed by atoms with E-state index >= 15 is 0 Å². The lowest BCUT2D eigenvalue weighted by atomic mass is 10.2. The fourth-order valence-corrected chi connectivity index (χ4v) is 2.14. The summed E-state index contributed by atoms with van der Waals surface area (Å²) in [5.74, 6) is 0.490. The molecule has 1 aromatic carbocycles. The van der Waals surface area contributed by atoms with Gasteiger partial charge >= 0.3 is 0 Å². The van der Waals surface area contributed by atoms with Crippen LogP contribution in [0.3, 0.4) is 0 Å². The summed E-state index contributed by atoms with van der Waals surface area (Å²) in [4.78, 5) is 22.2. The van der Waals surface area contributed by atoms with Crippen LogP contribution < -0.4 is 11.3 Å². The lowest BCUT2D eigenvalue weighted by Crippen LogP contribution is -2.18. The van der Waals surface area contributed by atoms with E-state index in [0.29, 0.717) is 17.1 Å². The van der Waals surface area contributed by atoms with Crippen LogP contribution >= 0.6 is 0 Å². The molecule has 5 heteroatoms. The highest BCUT2D eigenvalue weighted by Crippen LogP contribution is 2.23. The van der Waals surface area contributed by atoms with E-state index < -0.39 is 0 Å². The molecule has 0 amide bonds. The maximum Gasteiger partial charge on any atom is 0.254 e. The normalized spacial score (nSPS) is 11.1. The minimum absolute atomic E-state index is 0.149. The zero-order valence-electron chi connectivity index (χ0n) is 10.5. The molecule has 0 radical (unpaired) electrons. The summed E-state index contributed by atoms with van der Waals surface area (Å²) in [6, 6.07) is 9.94. The van der Waals surface area contributed by atoms with Crippen molar-refractivity contribution >= 4 is 10.9 Å². The van der Waals surface area contributed by atoms with Crippen LogP contribution in [0, 0.1) is 6.92 Å². The number of aromatic amines is 2. The summed E-state index contributed by atoms with van der Waals surface area (Å²) in [5, 5.41) is 1.09. The number of hydrogen-bond acceptors (Lipinski definition) is 3. The molecule has 3 aromatic rings. The third-order valence-electron chi connectivity index (χ3n) is 3.18. The first-order chi connectivity index (χ1) is 9.19. The average molecular weight is 254 g/mol. The lowest BCUT2D eigenvalue weighted by molar-refractivity contribution is 0.885. The van der Waals surface area contributed by atoms with E-state index in [1.54, 1.807) is 6.92 Å². The van der Waals surface area contributed by atoms with E-state index in [2.05, 4.69) is 15.0 Å². The zero-order valence-corrected chi connectivity index (χ0v) is 10.5. The van der Waals surface area contributed by atoms with E-state index in [0.717, 1.165) is 16.6 Å². The van der Waals surface area contributed by atoms with Gasteiger partial charge in [-0.15, -0.1) is 0 Å². The number of benzene rings is 1. The molecule has 0 spiro atoms. The molecule has 19 heavy (non-hydrogen) atoms. The van der Waals surface area contributed by atoms with Gasteiger partial charge in [0.1, 0.15) is 5.82 Å². The Hall–Kier alpha value is -2.40. The first kappa shape index (κ1) is 11.7. The monoisotopic (exact) mass is 254 g/mol. The van der Waals surface area contributed by atoms with Crippen molar-refractivity contribution in [1.82, 2.24) is 15.0 Å². The number of aromatic nitrogens is 3. The molecule has 3 rings (SSSR count). The van der Waals surface area contributed by atoms with Gasteiger partial charge in [-0.1, -0.05) is 18.2 Å². The number of hydrogen-bond donors (Lipinski definition) is 3. The number of para-hydroxylation sites is 1. The standard InChI is InChI=1S/C14H14N4O/c1-8-13(17-12(7-15)18-14(8)19)11-6-9-4-2-3-5-10(9)16-11/h2-6,16H,7,15H2,1H3,(H,17,18,19).